The molecule has 3 heterocycles. The van der Waals surface area contributed by atoms with Gasteiger partial charge in [0.05, 0.1) is 17.8 Å². The Morgan fingerprint density at radius 3 is 2.64 bits per heavy atom. The van der Waals surface area contributed by atoms with Gasteiger partial charge in [0.15, 0.2) is 0 Å². The topological polar surface area (TPSA) is 90.3 Å². The number of hydrogen-bond donors (Lipinski definition) is 2. The van der Waals surface area contributed by atoms with Gasteiger partial charge in [0.1, 0.15) is 16.9 Å². The number of amides is 1. The molecular weight excluding hydrogens is 470 g/mol. The van der Waals surface area contributed by atoms with E-state index in [2.05, 4.69) is 55.9 Å². The summed E-state index contributed by atoms with van der Waals surface area (Å²) in [7, 11) is 0. The van der Waals surface area contributed by atoms with Crippen LogP contribution in [-0.4, -0.2) is 47.4 Å². The molecule has 8 heteroatoms. The van der Waals surface area contributed by atoms with Crippen LogP contribution in [0.1, 0.15) is 49.9 Å². The van der Waals surface area contributed by atoms with E-state index in [0.717, 1.165) is 58.5 Å². The first-order chi connectivity index (χ1) is 17.2. The second kappa shape index (κ2) is 11.0. The summed E-state index contributed by atoms with van der Waals surface area (Å²) in [4.78, 5) is 18.9. The molecule has 2 N–H and O–H groups in total. The number of nitrogens with one attached hydrogen (secondary N) is 2. The number of rotatable bonds is 7. The van der Waals surface area contributed by atoms with Gasteiger partial charge in [0.25, 0.3) is 0 Å². The predicted molar refractivity (Wildman–Crippen MR) is 145 cm³/mol. The van der Waals surface area contributed by atoms with E-state index in [0.29, 0.717) is 30.7 Å². The van der Waals surface area contributed by atoms with E-state index in [1.165, 1.54) is 6.08 Å². The fourth-order valence-corrected chi connectivity index (χ4v) is 5.92. The van der Waals surface area contributed by atoms with Crippen LogP contribution in [0.5, 0.6) is 0 Å². The van der Waals surface area contributed by atoms with E-state index in [1.54, 1.807) is 11.8 Å². The van der Waals surface area contributed by atoms with Gasteiger partial charge in [-0.2, -0.15) is 5.26 Å². The molecule has 0 bridgehead atoms. The molecule has 0 spiro atoms. The number of fused-ring (bicyclic) bond motifs is 1. The number of nitrogens with zero attached hydrogens (tertiary/aromatic N) is 3. The maximum Gasteiger partial charge on any atom is 0.247 e. The number of pyridine rings is 1. The molecule has 36 heavy (non-hydrogen) atoms. The van der Waals surface area contributed by atoms with Crippen molar-refractivity contribution < 1.29 is 9.53 Å². The number of thioether (sulfide) groups is 1. The summed E-state index contributed by atoms with van der Waals surface area (Å²) in [6.45, 7) is 14.3. The van der Waals surface area contributed by atoms with Crippen molar-refractivity contribution in [2.75, 3.05) is 29.1 Å². The Hall–Kier alpha value is -2.86. The number of aryl methyl sites for hydroxylation is 1. The number of benzene rings is 1. The van der Waals surface area contributed by atoms with Gasteiger partial charge in [-0.15, -0.1) is 11.8 Å². The minimum atomic E-state index is -0.314. The highest BCUT2D eigenvalue weighted by molar-refractivity contribution is 7.99. The first kappa shape index (κ1) is 26.2. The summed E-state index contributed by atoms with van der Waals surface area (Å²) in [6.07, 6.45) is 2.78. The monoisotopic (exact) mass is 505 g/mol. The molecule has 1 fully saturated rings. The van der Waals surface area contributed by atoms with E-state index in [4.69, 9.17) is 9.72 Å². The fraction of sp³-hybridized carbons (Fsp3) is 0.464. The number of anilines is 2. The molecule has 2 aliphatic rings. The van der Waals surface area contributed by atoms with Crippen molar-refractivity contribution in [3.8, 4) is 6.07 Å². The summed E-state index contributed by atoms with van der Waals surface area (Å²) in [6, 6.07) is 11.0. The standard InChI is InChI=1S/C28H35N5O2S/c1-6-25(34)31-21-9-7-20(8-10-21)11-12-36-27-23(14-29)22-13-28(4,5)35-17-24(22)26(32-27)33-15-18(2)30-19(3)16-33/h6-10,18-19,30H,1,11-13,15-17H2,2-5H3,(H,31,34). The summed E-state index contributed by atoms with van der Waals surface area (Å²) >= 11 is 1.64. The molecule has 1 aromatic heterocycles. The summed E-state index contributed by atoms with van der Waals surface area (Å²) in [5, 5.41) is 17.3. The molecule has 0 radical (unpaired) electrons. The normalized spacial score (nSPS) is 20.8. The van der Waals surface area contributed by atoms with Crippen LogP contribution in [0.25, 0.3) is 0 Å². The first-order valence-electron chi connectivity index (χ1n) is 12.4. The Morgan fingerprint density at radius 1 is 1.31 bits per heavy atom. The third-order valence-electron chi connectivity index (χ3n) is 6.57. The Kier molecular flexibility index (Phi) is 8.04. The number of ether oxygens (including phenoxy) is 1. The molecule has 1 amide bonds. The van der Waals surface area contributed by atoms with Gasteiger partial charge >= 0.3 is 0 Å². The van der Waals surface area contributed by atoms with Crippen molar-refractivity contribution in [3.63, 3.8) is 0 Å². The number of nitriles is 1. The minimum absolute atomic E-state index is 0.224. The van der Waals surface area contributed by atoms with Crippen LogP contribution in [-0.2, 0) is 29.0 Å². The lowest BCUT2D eigenvalue weighted by Gasteiger charge is -2.40. The van der Waals surface area contributed by atoms with Gasteiger partial charge in [-0.3, -0.25) is 4.79 Å². The van der Waals surface area contributed by atoms with E-state index in [1.807, 2.05) is 24.3 Å². The average molecular weight is 506 g/mol. The number of carbonyl (C=O) groups excluding carboxylic acids is 1. The fourth-order valence-electron chi connectivity index (χ4n) is 4.92. The maximum absolute atomic E-state index is 11.5. The zero-order valence-electron chi connectivity index (χ0n) is 21.6. The van der Waals surface area contributed by atoms with Gasteiger partial charge in [-0.25, -0.2) is 4.98 Å². The SMILES string of the molecule is C=CC(=O)Nc1ccc(CCSc2nc(N3CC(C)NC(C)C3)c3c(c2C#N)CC(C)(C)OC3)cc1. The molecule has 4 rings (SSSR count). The molecule has 0 aliphatic carbocycles. The highest BCUT2D eigenvalue weighted by atomic mass is 32.2. The predicted octanol–water partition coefficient (Wildman–Crippen LogP) is 4.45. The van der Waals surface area contributed by atoms with Crippen LogP contribution < -0.4 is 15.5 Å². The number of carbonyl (C=O) groups is 1. The lowest BCUT2D eigenvalue weighted by molar-refractivity contribution is -0.111. The quantitative estimate of drug-likeness (QED) is 0.424. The van der Waals surface area contributed by atoms with Gasteiger partial charge in [-0.05, 0) is 63.5 Å². The first-order valence-corrected chi connectivity index (χ1v) is 13.4. The van der Waals surface area contributed by atoms with Crippen LogP contribution in [0.3, 0.4) is 0 Å². The molecule has 2 aromatic rings. The minimum Gasteiger partial charge on any atom is -0.370 e. The van der Waals surface area contributed by atoms with E-state index >= 15 is 0 Å². The second-order valence-corrected chi connectivity index (χ2v) is 11.4. The lowest BCUT2D eigenvalue weighted by Crippen LogP contribution is -2.55. The van der Waals surface area contributed by atoms with E-state index < -0.39 is 0 Å². The van der Waals surface area contributed by atoms with Crippen LogP contribution in [0.15, 0.2) is 41.9 Å². The third-order valence-corrected chi connectivity index (χ3v) is 7.55. The van der Waals surface area contributed by atoms with Crippen LogP contribution in [0.4, 0.5) is 11.5 Å². The zero-order chi connectivity index (χ0) is 25.9. The van der Waals surface area contributed by atoms with E-state index in [9.17, 15) is 10.1 Å². The van der Waals surface area contributed by atoms with Crippen molar-refractivity contribution >= 4 is 29.2 Å². The molecule has 7 nitrogen and oxygen atoms in total. The molecule has 190 valence electrons. The molecular formula is C28H35N5O2S. The summed E-state index contributed by atoms with van der Waals surface area (Å²) in [5.41, 5.74) is 4.43. The van der Waals surface area contributed by atoms with Crippen LogP contribution >= 0.6 is 11.8 Å². The van der Waals surface area contributed by atoms with Gasteiger partial charge in [-0.1, -0.05) is 18.7 Å². The Labute approximate surface area is 218 Å². The molecule has 2 unspecified atom stereocenters. The molecule has 1 aromatic carbocycles. The third kappa shape index (κ3) is 6.09. The highest BCUT2D eigenvalue weighted by Crippen LogP contribution is 2.39. The Bertz CT molecular complexity index is 1160. The highest BCUT2D eigenvalue weighted by Gasteiger charge is 2.34. The van der Waals surface area contributed by atoms with Gasteiger partial charge < -0.3 is 20.3 Å². The number of hydrogen-bond acceptors (Lipinski definition) is 7. The lowest BCUT2D eigenvalue weighted by atomic mass is 9.89. The molecule has 1 saturated heterocycles. The summed E-state index contributed by atoms with van der Waals surface area (Å²) in [5.74, 6) is 1.54. The van der Waals surface area contributed by atoms with Crippen LogP contribution in [0, 0.1) is 11.3 Å². The molecule has 2 aliphatic heterocycles. The zero-order valence-corrected chi connectivity index (χ0v) is 22.4. The van der Waals surface area contributed by atoms with Crippen molar-refractivity contribution in [3.05, 3.63) is 59.2 Å². The van der Waals surface area contributed by atoms with Crippen LogP contribution in [0.2, 0.25) is 0 Å². The van der Waals surface area contributed by atoms with Gasteiger partial charge in [0.2, 0.25) is 5.91 Å². The average Bonchev–Trinajstić information content (AvgIpc) is 2.83. The largest absolute Gasteiger partial charge is 0.370 e. The van der Waals surface area contributed by atoms with Crippen molar-refractivity contribution in [2.45, 2.75) is 69.9 Å². The van der Waals surface area contributed by atoms with Crippen molar-refractivity contribution in [2.24, 2.45) is 0 Å². The summed E-state index contributed by atoms with van der Waals surface area (Å²) < 4.78 is 6.17. The Balaban J connectivity index is 1.57. The Morgan fingerprint density at radius 2 is 2.00 bits per heavy atom. The van der Waals surface area contributed by atoms with Crippen molar-refractivity contribution in [1.29, 1.82) is 5.26 Å². The van der Waals surface area contributed by atoms with Gasteiger partial charge in [0, 0.05) is 48.6 Å². The maximum atomic E-state index is 11.5. The number of piperazine rings is 1. The smallest absolute Gasteiger partial charge is 0.247 e. The van der Waals surface area contributed by atoms with Crippen molar-refractivity contribution in [1.82, 2.24) is 10.3 Å². The molecule has 2 atom stereocenters. The molecule has 0 saturated carbocycles. The second-order valence-electron chi connectivity index (χ2n) is 10.3. The van der Waals surface area contributed by atoms with E-state index in [-0.39, 0.29) is 11.5 Å². The number of aromatic nitrogens is 1.